The van der Waals surface area contributed by atoms with E-state index in [-0.39, 0.29) is 24.4 Å². The van der Waals surface area contributed by atoms with E-state index in [9.17, 15) is 18.0 Å². The van der Waals surface area contributed by atoms with Crippen molar-refractivity contribution in [3.8, 4) is 0 Å². The van der Waals surface area contributed by atoms with Gasteiger partial charge in [-0.2, -0.15) is 13.5 Å². The highest BCUT2D eigenvalue weighted by Crippen LogP contribution is 2.20. The second-order valence-corrected chi connectivity index (χ2v) is 7.09. The molecule has 1 aromatic carbocycles. The number of sulfonamides is 1. The summed E-state index contributed by atoms with van der Waals surface area (Å²) in [5, 5.41) is 8.10. The van der Waals surface area contributed by atoms with Crippen molar-refractivity contribution >= 4 is 27.6 Å². The molecule has 0 saturated carbocycles. The first-order chi connectivity index (χ1) is 12.2. The molecule has 26 heavy (non-hydrogen) atoms. The van der Waals surface area contributed by atoms with Crippen molar-refractivity contribution in [1.29, 1.82) is 0 Å². The van der Waals surface area contributed by atoms with Gasteiger partial charge in [-0.1, -0.05) is 17.7 Å². The summed E-state index contributed by atoms with van der Waals surface area (Å²) in [6.45, 7) is 4.83. The number of aryl methyl sites for hydroxylation is 2. The first-order valence-electron chi connectivity index (χ1n) is 7.83. The molecule has 0 fully saturated rings. The highest BCUT2D eigenvalue weighted by molar-refractivity contribution is 7.92. The molecule has 0 atom stereocenters. The van der Waals surface area contributed by atoms with Gasteiger partial charge in [-0.3, -0.25) is 19.4 Å². The molecule has 1 aromatic heterocycles. The zero-order valence-electron chi connectivity index (χ0n) is 14.6. The third kappa shape index (κ3) is 4.60. The van der Waals surface area contributed by atoms with Gasteiger partial charge in [-0.05, 0) is 32.9 Å². The Balaban J connectivity index is 2.23. The Labute approximate surface area is 151 Å². The van der Waals surface area contributed by atoms with Crippen LogP contribution >= 0.6 is 0 Å². The largest absolute Gasteiger partial charge is 0.465 e. The van der Waals surface area contributed by atoms with Gasteiger partial charge in [0, 0.05) is 11.4 Å². The lowest BCUT2D eigenvalue weighted by Gasteiger charge is -2.09. The number of esters is 1. The average Bonchev–Trinajstić information content (AvgIpc) is 2.97. The summed E-state index contributed by atoms with van der Waals surface area (Å²) in [4.78, 5) is 23.7. The fraction of sp³-hybridized carbons (Fsp3) is 0.312. The molecule has 0 bridgehead atoms. The summed E-state index contributed by atoms with van der Waals surface area (Å²) >= 11 is 0. The number of ether oxygens (including phenoxy) is 1. The number of amides is 1. The van der Waals surface area contributed by atoms with Crippen molar-refractivity contribution in [3.63, 3.8) is 0 Å². The topological polar surface area (TPSA) is 130 Å². The first kappa shape index (κ1) is 19.4. The average molecular weight is 380 g/mol. The van der Waals surface area contributed by atoms with Crippen LogP contribution in [0, 0.1) is 13.8 Å². The minimum atomic E-state index is -4.10. The number of rotatable bonds is 7. The molecule has 0 radical (unpaired) electrons. The van der Waals surface area contributed by atoms with Gasteiger partial charge in [-0.15, -0.1) is 0 Å². The Morgan fingerprint density at radius 1 is 1.19 bits per heavy atom. The van der Waals surface area contributed by atoms with E-state index in [0.717, 1.165) is 5.56 Å². The van der Waals surface area contributed by atoms with Crippen LogP contribution in [0.2, 0.25) is 0 Å². The molecular formula is C16H20N4O5S. The number of anilines is 1. The molecule has 0 unspecified atom stereocenters. The van der Waals surface area contributed by atoms with Gasteiger partial charge in [0.25, 0.3) is 15.9 Å². The molecule has 0 aliphatic rings. The Hall–Kier alpha value is -2.88. The molecule has 1 heterocycles. The van der Waals surface area contributed by atoms with Crippen LogP contribution in [0.1, 0.15) is 28.5 Å². The number of benzene rings is 1. The maximum Gasteiger partial charge on any atom is 0.325 e. The smallest absolute Gasteiger partial charge is 0.325 e. The van der Waals surface area contributed by atoms with E-state index < -0.39 is 26.9 Å². The van der Waals surface area contributed by atoms with Crippen LogP contribution in [-0.4, -0.2) is 43.6 Å². The van der Waals surface area contributed by atoms with Crippen LogP contribution in [0.4, 0.5) is 5.69 Å². The highest BCUT2D eigenvalue weighted by Gasteiger charge is 2.28. The molecule has 0 aliphatic heterocycles. The molecule has 10 heteroatoms. The summed E-state index contributed by atoms with van der Waals surface area (Å²) < 4.78 is 32.3. The number of carbonyl (C=O) groups is 2. The van der Waals surface area contributed by atoms with Gasteiger partial charge in [0.2, 0.25) is 5.03 Å². The lowest BCUT2D eigenvalue weighted by Crippen LogP contribution is -2.32. The fourth-order valence-corrected chi connectivity index (χ4v) is 3.37. The number of nitrogens with one attached hydrogen (secondary N) is 3. The number of hydrogen-bond acceptors (Lipinski definition) is 6. The number of carbonyl (C=O) groups excluding carboxylic acids is 2. The maximum atomic E-state index is 12.6. The van der Waals surface area contributed by atoms with E-state index in [1.807, 2.05) is 6.92 Å². The van der Waals surface area contributed by atoms with Gasteiger partial charge in [-0.25, -0.2) is 0 Å². The van der Waals surface area contributed by atoms with E-state index in [1.165, 1.54) is 6.92 Å². The summed E-state index contributed by atoms with van der Waals surface area (Å²) in [5.41, 5.74) is 1.42. The third-order valence-corrected chi connectivity index (χ3v) is 4.71. The second-order valence-electron chi connectivity index (χ2n) is 5.49. The molecule has 1 amide bonds. The predicted molar refractivity (Wildman–Crippen MR) is 94.3 cm³/mol. The molecular weight excluding hydrogens is 360 g/mol. The van der Waals surface area contributed by atoms with Crippen molar-refractivity contribution < 1.29 is 22.7 Å². The molecule has 2 aromatic rings. The highest BCUT2D eigenvalue weighted by atomic mass is 32.2. The molecule has 0 aliphatic carbocycles. The number of H-pyrrole nitrogens is 1. The van der Waals surface area contributed by atoms with Crippen LogP contribution in [-0.2, 0) is 19.6 Å². The molecule has 2 rings (SSSR count). The molecule has 140 valence electrons. The van der Waals surface area contributed by atoms with Crippen molar-refractivity contribution in [3.05, 3.63) is 41.1 Å². The lowest BCUT2D eigenvalue weighted by atomic mass is 10.2. The predicted octanol–water partition coefficient (Wildman–Crippen LogP) is 1.12. The maximum absolute atomic E-state index is 12.6. The standard InChI is InChI=1S/C16H20N4O5S/c1-4-25-13(21)9-17-15(22)14-11(3)18-19-16(14)26(23,24)20-12-7-5-10(2)6-8-12/h5-8,20H,4,9H2,1-3H3,(H,17,22)(H,18,19). The van der Waals surface area contributed by atoms with Gasteiger partial charge < -0.3 is 10.1 Å². The Morgan fingerprint density at radius 3 is 2.46 bits per heavy atom. The fourth-order valence-electron chi connectivity index (χ4n) is 2.15. The van der Waals surface area contributed by atoms with E-state index in [1.54, 1.807) is 31.2 Å². The van der Waals surface area contributed by atoms with Gasteiger partial charge in [0.05, 0.1) is 6.61 Å². The Kier molecular flexibility index (Phi) is 5.98. The van der Waals surface area contributed by atoms with Gasteiger partial charge in [0.15, 0.2) is 0 Å². The minimum Gasteiger partial charge on any atom is -0.465 e. The second kappa shape index (κ2) is 8.00. The number of aromatic nitrogens is 2. The van der Waals surface area contributed by atoms with Crippen molar-refractivity contribution in [2.75, 3.05) is 17.9 Å². The summed E-state index contributed by atoms with van der Waals surface area (Å²) in [5.74, 6) is -1.36. The van der Waals surface area contributed by atoms with Crippen LogP contribution in [0.15, 0.2) is 29.3 Å². The van der Waals surface area contributed by atoms with Gasteiger partial charge >= 0.3 is 5.97 Å². The van der Waals surface area contributed by atoms with E-state index >= 15 is 0 Å². The number of nitrogens with zero attached hydrogens (tertiary/aromatic N) is 1. The Bertz CT molecular complexity index is 903. The monoisotopic (exact) mass is 380 g/mol. The molecule has 3 N–H and O–H groups in total. The van der Waals surface area contributed by atoms with E-state index in [2.05, 4.69) is 20.2 Å². The first-order valence-corrected chi connectivity index (χ1v) is 9.31. The van der Waals surface area contributed by atoms with Crippen LogP contribution in [0.3, 0.4) is 0 Å². The van der Waals surface area contributed by atoms with Crippen molar-refractivity contribution in [2.45, 2.75) is 25.8 Å². The molecule has 9 nitrogen and oxygen atoms in total. The van der Waals surface area contributed by atoms with E-state index in [4.69, 9.17) is 4.74 Å². The van der Waals surface area contributed by atoms with Crippen LogP contribution in [0.5, 0.6) is 0 Å². The number of aromatic amines is 1. The normalized spacial score (nSPS) is 11.0. The lowest BCUT2D eigenvalue weighted by molar-refractivity contribution is -0.141. The quantitative estimate of drug-likeness (QED) is 0.617. The Morgan fingerprint density at radius 2 is 1.85 bits per heavy atom. The van der Waals surface area contributed by atoms with Crippen LogP contribution < -0.4 is 10.0 Å². The SMILES string of the molecule is CCOC(=O)CNC(=O)c1c(S(=O)(=O)Nc2ccc(C)cc2)n[nH]c1C. The van der Waals surface area contributed by atoms with Crippen molar-refractivity contribution in [1.82, 2.24) is 15.5 Å². The van der Waals surface area contributed by atoms with Gasteiger partial charge in [0.1, 0.15) is 12.1 Å². The number of hydrogen-bond donors (Lipinski definition) is 3. The minimum absolute atomic E-state index is 0.158. The molecule has 0 saturated heterocycles. The van der Waals surface area contributed by atoms with Crippen molar-refractivity contribution in [2.24, 2.45) is 0 Å². The van der Waals surface area contributed by atoms with Crippen LogP contribution in [0.25, 0.3) is 0 Å². The molecule has 0 spiro atoms. The third-order valence-electron chi connectivity index (χ3n) is 3.40. The summed E-state index contributed by atoms with van der Waals surface area (Å²) in [6, 6.07) is 6.71. The zero-order valence-corrected chi connectivity index (χ0v) is 15.4. The summed E-state index contributed by atoms with van der Waals surface area (Å²) in [6.07, 6.45) is 0. The zero-order chi connectivity index (χ0) is 19.3. The van der Waals surface area contributed by atoms with E-state index in [0.29, 0.717) is 5.69 Å². The summed E-state index contributed by atoms with van der Waals surface area (Å²) in [7, 11) is -4.10.